The summed E-state index contributed by atoms with van der Waals surface area (Å²) < 4.78 is 15.3. The Morgan fingerprint density at radius 2 is 1.90 bits per heavy atom. The van der Waals surface area contributed by atoms with Crippen LogP contribution in [0.25, 0.3) is 22.5 Å². The largest absolute Gasteiger partial charge is 0.310 e. The Kier molecular flexibility index (Phi) is 6.94. The molecule has 0 aliphatic heterocycles. The minimum Gasteiger partial charge on any atom is -0.310 e. The number of aromatic amines is 1. The summed E-state index contributed by atoms with van der Waals surface area (Å²) in [5, 5.41) is 10.3. The first-order valence-corrected chi connectivity index (χ1v) is 10.4. The van der Waals surface area contributed by atoms with E-state index in [-0.39, 0.29) is 18.2 Å². The van der Waals surface area contributed by atoms with Crippen LogP contribution in [0.2, 0.25) is 0 Å². The highest BCUT2D eigenvalue weighted by Gasteiger charge is 2.26. The van der Waals surface area contributed by atoms with E-state index in [9.17, 15) is 0 Å². The van der Waals surface area contributed by atoms with Crippen molar-refractivity contribution in [2.75, 3.05) is 0 Å². The summed E-state index contributed by atoms with van der Waals surface area (Å²) in [7, 11) is 0. The van der Waals surface area contributed by atoms with E-state index in [4.69, 9.17) is 0 Å². The maximum Gasteiger partial charge on any atom is 0.155 e. The van der Waals surface area contributed by atoms with Crippen LogP contribution in [0.5, 0.6) is 0 Å². The first-order valence-electron chi connectivity index (χ1n) is 10.4. The number of nitrogens with one attached hydrogen (secondary N) is 2. The van der Waals surface area contributed by atoms with Gasteiger partial charge in [-0.1, -0.05) is 44.2 Å². The summed E-state index contributed by atoms with van der Waals surface area (Å²) in [5.74, 6) is 0.584. The minimum atomic E-state index is -0.133. The van der Waals surface area contributed by atoms with Gasteiger partial charge in [-0.25, -0.2) is 9.37 Å². The quantitative estimate of drug-likeness (QED) is 0.518. The fraction of sp³-hybridized carbons (Fsp3) is 0.417. The topological polar surface area (TPSA) is 53.6 Å². The van der Waals surface area contributed by atoms with Crippen molar-refractivity contribution in [3.05, 3.63) is 59.7 Å². The molecule has 6 heteroatoms. The molecular formula is C24H30ClFN4. The molecule has 0 spiro atoms. The molecule has 2 aromatic carbocycles. The molecule has 1 aliphatic rings. The molecule has 0 bridgehead atoms. The van der Waals surface area contributed by atoms with E-state index in [0.717, 1.165) is 35.1 Å². The number of halogens is 2. The maximum atomic E-state index is 15.3. The lowest BCUT2D eigenvalue weighted by atomic mass is 9.75. The van der Waals surface area contributed by atoms with Crippen molar-refractivity contribution >= 4 is 12.4 Å². The lowest BCUT2D eigenvalue weighted by Crippen LogP contribution is -2.35. The molecule has 3 aromatic rings. The van der Waals surface area contributed by atoms with E-state index >= 15 is 4.39 Å². The fourth-order valence-corrected chi connectivity index (χ4v) is 4.24. The standard InChI is InChI=1S/C24H29FN4.ClH/c1-16-13-17(23-27-15-28-29-23)7-8-20(16)21-6-4-5-18(22(21)25)14-26-19-9-11-24(2,3)12-10-19;/h4-8,13,15,19,26H,9-12,14H2,1-3H3,(H,27,28,29);1H. The van der Waals surface area contributed by atoms with E-state index in [2.05, 4.69) is 34.3 Å². The fourth-order valence-electron chi connectivity index (χ4n) is 4.24. The van der Waals surface area contributed by atoms with Crippen molar-refractivity contribution < 1.29 is 4.39 Å². The normalized spacial score (nSPS) is 16.3. The van der Waals surface area contributed by atoms with Gasteiger partial charge in [0.1, 0.15) is 12.1 Å². The Hall–Kier alpha value is -2.24. The van der Waals surface area contributed by atoms with Crippen LogP contribution in [0.4, 0.5) is 4.39 Å². The molecular weight excluding hydrogens is 399 g/mol. The predicted molar refractivity (Wildman–Crippen MR) is 122 cm³/mol. The van der Waals surface area contributed by atoms with Crippen LogP contribution in [0.3, 0.4) is 0 Å². The van der Waals surface area contributed by atoms with E-state index in [1.54, 1.807) is 0 Å². The number of rotatable bonds is 5. The summed E-state index contributed by atoms with van der Waals surface area (Å²) in [5.41, 5.74) is 4.69. The number of hydrogen-bond donors (Lipinski definition) is 2. The van der Waals surface area contributed by atoms with Gasteiger partial charge in [-0.05, 0) is 55.2 Å². The zero-order chi connectivity index (χ0) is 20.4. The number of hydrogen-bond acceptors (Lipinski definition) is 3. The van der Waals surface area contributed by atoms with E-state index in [1.807, 2.05) is 43.3 Å². The minimum absolute atomic E-state index is 0. The number of benzene rings is 2. The van der Waals surface area contributed by atoms with Crippen LogP contribution >= 0.6 is 12.4 Å². The van der Waals surface area contributed by atoms with E-state index < -0.39 is 0 Å². The second-order valence-electron chi connectivity index (χ2n) is 8.96. The van der Waals surface area contributed by atoms with Gasteiger partial charge in [0, 0.05) is 29.3 Å². The van der Waals surface area contributed by atoms with Gasteiger partial charge in [-0.15, -0.1) is 12.4 Å². The molecule has 1 saturated carbocycles. The third-order valence-corrected chi connectivity index (χ3v) is 6.20. The molecule has 160 valence electrons. The monoisotopic (exact) mass is 428 g/mol. The van der Waals surface area contributed by atoms with Gasteiger partial charge >= 0.3 is 0 Å². The second-order valence-corrected chi connectivity index (χ2v) is 8.96. The number of nitrogens with zero attached hydrogens (tertiary/aromatic N) is 2. The van der Waals surface area contributed by atoms with Crippen LogP contribution in [0.15, 0.2) is 42.7 Å². The Bertz CT molecular complexity index is 975. The second kappa shape index (κ2) is 9.27. The lowest BCUT2D eigenvalue weighted by Gasteiger charge is -2.34. The molecule has 1 aliphatic carbocycles. The summed E-state index contributed by atoms with van der Waals surface area (Å²) in [6, 6.07) is 12.1. The average Bonchev–Trinajstić information content (AvgIpc) is 3.23. The van der Waals surface area contributed by atoms with Crippen LogP contribution in [-0.4, -0.2) is 21.2 Å². The first-order chi connectivity index (χ1) is 13.9. The van der Waals surface area contributed by atoms with E-state index in [0.29, 0.717) is 29.4 Å². The third kappa shape index (κ3) is 4.90. The number of aromatic nitrogens is 3. The highest BCUT2D eigenvalue weighted by Crippen LogP contribution is 2.35. The van der Waals surface area contributed by atoms with Gasteiger partial charge in [-0.2, -0.15) is 5.10 Å². The van der Waals surface area contributed by atoms with Crippen molar-refractivity contribution in [2.45, 2.75) is 59.0 Å². The predicted octanol–water partition coefficient (Wildman–Crippen LogP) is 6.07. The molecule has 30 heavy (non-hydrogen) atoms. The third-order valence-electron chi connectivity index (χ3n) is 6.20. The molecule has 2 N–H and O–H groups in total. The van der Waals surface area contributed by atoms with Gasteiger partial charge in [0.25, 0.3) is 0 Å². The van der Waals surface area contributed by atoms with Crippen molar-refractivity contribution in [3.8, 4) is 22.5 Å². The van der Waals surface area contributed by atoms with Gasteiger partial charge in [0.15, 0.2) is 5.82 Å². The van der Waals surface area contributed by atoms with Crippen LogP contribution in [0, 0.1) is 18.2 Å². The van der Waals surface area contributed by atoms with Gasteiger partial charge < -0.3 is 5.32 Å². The Morgan fingerprint density at radius 1 is 1.13 bits per heavy atom. The molecule has 0 unspecified atom stereocenters. The van der Waals surface area contributed by atoms with Gasteiger partial charge in [0.05, 0.1) is 0 Å². The summed E-state index contributed by atoms with van der Waals surface area (Å²) in [6.07, 6.45) is 6.27. The lowest BCUT2D eigenvalue weighted by molar-refractivity contribution is 0.205. The molecule has 0 radical (unpaired) electrons. The molecule has 0 amide bonds. The Morgan fingerprint density at radius 3 is 2.57 bits per heavy atom. The molecule has 1 heterocycles. The first kappa shape index (κ1) is 22.4. The van der Waals surface area contributed by atoms with Crippen molar-refractivity contribution in [1.82, 2.24) is 20.5 Å². The number of H-pyrrole nitrogens is 1. The molecule has 0 atom stereocenters. The summed E-state index contributed by atoms with van der Waals surface area (Å²) in [4.78, 5) is 4.19. The zero-order valence-corrected chi connectivity index (χ0v) is 18.7. The van der Waals surface area contributed by atoms with Gasteiger partial charge in [0.2, 0.25) is 0 Å². The van der Waals surface area contributed by atoms with Crippen LogP contribution in [0.1, 0.15) is 50.7 Å². The Labute approximate surface area is 184 Å². The molecule has 4 nitrogen and oxygen atoms in total. The number of aryl methyl sites for hydroxylation is 1. The maximum absolute atomic E-state index is 15.3. The van der Waals surface area contributed by atoms with E-state index in [1.165, 1.54) is 19.2 Å². The zero-order valence-electron chi connectivity index (χ0n) is 17.8. The highest BCUT2D eigenvalue weighted by molar-refractivity contribution is 5.85. The van der Waals surface area contributed by atoms with Crippen molar-refractivity contribution in [1.29, 1.82) is 0 Å². The highest BCUT2D eigenvalue weighted by atomic mass is 35.5. The molecule has 0 saturated heterocycles. The molecule has 1 fully saturated rings. The van der Waals surface area contributed by atoms with Crippen molar-refractivity contribution in [3.63, 3.8) is 0 Å². The van der Waals surface area contributed by atoms with Crippen molar-refractivity contribution in [2.24, 2.45) is 5.41 Å². The smallest absolute Gasteiger partial charge is 0.155 e. The van der Waals surface area contributed by atoms with Crippen LogP contribution in [-0.2, 0) is 6.54 Å². The molecule has 4 rings (SSSR count). The average molecular weight is 429 g/mol. The van der Waals surface area contributed by atoms with Crippen LogP contribution < -0.4 is 5.32 Å². The Balaban J connectivity index is 0.00000256. The molecule has 1 aromatic heterocycles. The summed E-state index contributed by atoms with van der Waals surface area (Å²) in [6.45, 7) is 7.24. The van der Waals surface area contributed by atoms with Gasteiger partial charge in [-0.3, -0.25) is 5.10 Å². The SMILES string of the molecule is Cc1cc(-c2ncn[nH]2)ccc1-c1cccc(CNC2CCC(C)(C)CC2)c1F.Cl. The summed E-state index contributed by atoms with van der Waals surface area (Å²) >= 11 is 0.